The zero-order valence-corrected chi connectivity index (χ0v) is 7.47. The summed E-state index contributed by atoms with van der Waals surface area (Å²) in [6, 6.07) is 6.71. The van der Waals surface area contributed by atoms with Crippen LogP contribution in [-0.4, -0.2) is 9.51 Å². The third-order valence-corrected chi connectivity index (χ3v) is 2.13. The zero-order chi connectivity index (χ0) is 10.1. The van der Waals surface area contributed by atoms with E-state index in [-0.39, 0.29) is 17.9 Å². The van der Waals surface area contributed by atoms with E-state index in [1.165, 1.54) is 16.7 Å². The number of pyridine rings is 2. The lowest BCUT2D eigenvalue weighted by Gasteiger charge is -2.03. The molecule has 0 saturated heterocycles. The summed E-state index contributed by atoms with van der Waals surface area (Å²) in [5, 5.41) is 9.23. The molecule has 0 bridgehead atoms. The first-order valence-electron chi connectivity index (χ1n) is 4.25. The Bertz CT molecular complexity index is 531. The van der Waals surface area contributed by atoms with Gasteiger partial charge >= 0.3 is 0 Å². The van der Waals surface area contributed by atoms with Gasteiger partial charge in [-0.3, -0.25) is 9.20 Å². The third kappa shape index (κ3) is 1.25. The van der Waals surface area contributed by atoms with Crippen molar-refractivity contribution in [1.29, 1.82) is 0 Å². The Labute approximate surface area is 80.2 Å². The maximum Gasteiger partial charge on any atom is 0.259 e. The van der Waals surface area contributed by atoms with Crippen molar-refractivity contribution in [3.05, 3.63) is 46.4 Å². The fraction of sp³-hybridized carbons (Fsp3) is 0.100. The van der Waals surface area contributed by atoms with Crippen LogP contribution in [0.4, 0.5) is 0 Å². The number of aromatic hydroxyl groups is 1. The van der Waals surface area contributed by atoms with Gasteiger partial charge in [-0.1, -0.05) is 6.07 Å². The van der Waals surface area contributed by atoms with E-state index in [2.05, 4.69) is 0 Å². The summed E-state index contributed by atoms with van der Waals surface area (Å²) < 4.78 is 1.39. The number of fused-ring (bicyclic) bond motifs is 1. The highest BCUT2D eigenvalue weighted by Gasteiger charge is 2.01. The van der Waals surface area contributed by atoms with E-state index in [0.717, 1.165) is 5.52 Å². The van der Waals surface area contributed by atoms with Gasteiger partial charge in [-0.15, -0.1) is 0 Å². The van der Waals surface area contributed by atoms with Crippen LogP contribution in [0.2, 0.25) is 0 Å². The summed E-state index contributed by atoms with van der Waals surface area (Å²) in [6.07, 6.45) is 1.39. The monoisotopic (exact) mass is 190 g/mol. The summed E-state index contributed by atoms with van der Waals surface area (Å²) in [6.45, 7) is 0.206. The molecule has 0 aliphatic heterocycles. The van der Waals surface area contributed by atoms with E-state index >= 15 is 0 Å². The van der Waals surface area contributed by atoms with Crippen LogP contribution in [0.5, 0.6) is 5.75 Å². The van der Waals surface area contributed by atoms with E-state index in [1.807, 2.05) is 0 Å². The average molecular weight is 190 g/mol. The van der Waals surface area contributed by atoms with Gasteiger partial charge in [0.25, 0.3) is 5.56 Å². The van der Waals surface area contributed by atoms with Crippen LogP contribution in [0.15, 0.2) is 35.3 Å². The van der Waals surface area contributed by atoms with Crippen LogP contribution in [0.1, 0.15) is 5.56 Å². The van der Waals surface area contributed by atoms with Gasteiger partial charge in [-0.25, -0.2) is 0 Å². The molecule has 0 aromatic carbocycles. The molecule has 0 fully saturated rings. The minimum absolute atomic E-state index is 0.0637. The molecule has 3 N–H and O–H groups in total. The highest BCUT2D eigenvalue weighted by Crippen LogP contribution is 2.09. The molecule has 0 aliphatic carbocycles. The molecule has 0 unspecified atom stereocenters. The largest absolute Gasteiger partial charge is 0.506 e. The van der Waals surface area contributed by atoms with Crippen molar-refractivity contribution in [3.8, 4) is 5.75 Å². The Morgan fingerprint density at radius 1 is 1.29 bits per heavy atom. The van der Waals surface area contributed by atoms with Crippen molar-refractivity contribution in [1.82, 2.24) is 4.40 Å². The highest BCUT2D eigenvalue weighted by atomic mass is 16.3. The predicted molar refractivity (Wildman–Crippen MR) is 53.2 cm³/mol. The smallest absolute Gasteiger partial charge is 0.259 e. The summed E-state index contributed by atoms with van der Waals surface area (Å²) >= 11 is 0. The van der Waals surface area contributed by atoms with E-state index in [1.54, 1.807) is 18.2 Å². The fourth-order valence-electron chi connectivity index (χ4n) is 1.38. The van der Waals surface area contributed by atoms with E-state index < -0.39 is 0 Å². The summed E-state index contributed by atoms with van der Waals surface area (Å²) in [5.74, 6) is 0.0637. The lowest BCUT2D eigenvalue weighted by atomic mass is 10.2. The van der Waals surface area contributed by atoms with Crippen LogP contribution in [0.3, 0.4) is 0 Å². The van der Waals surface area contributed by atoms with Crippen molar-refractivity contribution >= 4 is 5.52 Å². The molecular weight excluding hydrogens is 180 g/mol. The average Bonchev–Trinajstić information content (AvgIpc) is 2.20. The van der Waals surface area contributed by atoms with Crippen molar-refractivity contribution in [2.75, 3.05) is 0 Å². The van der Waals surface area contributed by atoms with Gasteiger partial charge < -0.3 is 10.8 Å². The van der Waals surface area contributed by atoms with E-state index in [9.17, 15) is 9.90 Å². The molecule has 14 heavy (non-hydrogen) atoms. The first-order valence-corrected chi connectivity index (χ1v) is 4.25. The van der Waals surface area contributed by atoms with Gasteiger partial charge in [0.15, 0.2) is 0 Å². The van der Waals surface area contributed by atoms with Crippen LogP contribution in [0, 0.1) is 0 Å². The lowest BCUT2D eigenvalue weighted by molar-refractivity contribution is 0.471. The van der Waals surface area contributed by atoms with Gasteiger partial charge in [0.05, 0.1) is 6.20 Å². The first kappa shape index (κ1) is 8.77. The van der Waals surface area contributed by atoms with Gasteiger partial charge in [0, 0.05) is 17.6 Å². The Morgan fingerprint density at radius 3 is 2.71 bits per heavy atom. The van der Waals surface area contributed by atoms with Gasteiger partial charge in [-0.2, -0.15) is 0 Å². The SMILES string of the molecule is NCc1ccc2ccc(O)cn2c1=O. The predicted octanol–water partition coefficient (Wildman–Crippen LogP) is 0.464. The number of rotatable bonds is 1. The second-order valence-electron chi connectivity index (χ2n) is 3.05. The molecular formula is C10H10N2O2. The van der Waals surface area contributed by atoms with Crippen LogP contribution < -0.4 is 11.3 Å². The standard InChI is InChI=1S/C10H10N2O2/c11-5-7-1-2-8-3-4-9(13)6-12(8)10(7)14/h1-4,6,13H,5,11H2. The topological polar surface area (TPSA) is 67.7 Å². The Morgan fingerprint density at radius 2 is 2.00 bits per heavy atom. The zero-order valence-electron chi connectivity index (χ0n) is 7.47. The number of nitrogens with zero attached hydrogens (tertiary/aromatic N) is 1. The quantitative estimate of drug-likeness (QED) is 0.686. The minimum atomic E-state index is -0.180. The highest BCUT2D eigenvalue weighted by molar-refractivity contribution is 5.49. The molecule has 4 heteroatoms. The molecule has 2 aromatic rings. The number of aromatic nitrogens is 1. The van der Waals surface area contributed by atoms with Gasteiger partial charge in [-0.05, 0) is 18.2 Å². The summed E-state index contributed by atoms with van der Waals surface area (Å²) in [5.41, 5.74) is 6.50. The third-order valence-electron chi connectivity index (χ3n) is 2.13. The van der Waals surface area contributed by atoms with Crippen molar-refractivity contribution < 1.29 is 5.11 Å². The molecule has 0 aliphatic rings. The molecule has 0 spiro atoms. The molecule has 2 aromatic heterocycles. The van der Waals surface area contributed by atoms with Crippen molar-refractivity contribution in [2.45, 2.75) is 6.54 Å². The molecule has 0 atom stereocenters. The van der Waals surface area contributed by atoms with Crippen LogP contribution in [-0.2, 0) is 6.54 Å². The van der Waals surface area contributed by atoms with Gasteiger partial charge in [0.1, 0.15) is 5.75 Å². The second-order valence-corrected chi connectivity index (χ2v) is 3.05. The van der Waals surface area contributed by atoms with Crippen LogP contribution in [0.25, 0.3) is 5.52 Å². The van der Waals surface area contributed by atoms with E-state index in [4.69, 9.17) is 5.73 Å². The normalized spacial score (nSPS) is 10.6. The first-order chi connectivity index (χ1) is 6.72. The maximum atomic E-state index is 11.7. The molecule has 0 radical (unpaired) electrons. The molecule has 4 nitrogen and oxygen atoms in total. The number of hydrogen-bond acceptors (Lipinski definition) is 3. The molecule has 0 saturated carbocycles. The Hall–Kier alpha value is -1.81. The molecule has 72 valence electrons. The molecule has 0 amide bonds. The maximum absolute atomic E-state index is 11.7. The molecule has 2 heterocycles. The Balaban J connectivity index is 2.87. The summed E-state index contributed by atoms with van der Waals surface area (Å²) in [7, 11) is 0. The van der Waals surface area contributed by atoms with Crippen molar-refractivity contribution in [3.63, 3.8) is 0 Å². The van der Waals surface area contributed by atoms with E-state index in [0.29, 0.717) is 5.56 Å². The fourth-order valence-corrected chi connectivity index (χ4v) is 1.38. The summed E-state index contributed by atoms with van der Waals surface area (Å²) in [4.78, 5) is 11.7. The Kier molecular flexibility index (Phi) is 1.98. The van der Waals surface area contributed by atoms with Gasteiger partial charge in [0.2, 0.25) is 0 Å². The number of nitrogens with two attached hydrogens (primary N) is 1. The number of hydrogen-bond donors (Lipinski definition) is 2. The second kappa shape index (κ2) is 3.16. The lowest BCUT2D eigenvalue weighted by Crippen LogP contribution is -2.19. The van der Waals surface area contributed by atoms with Crippen LogP contribution >= 0.6 is 0 Å². The molecule has 2 rings (SSSR count). The van der Waals surface area contributed by atoms with Crippen molar-refractivity contribution in [2.24, 2.45) is 5.73 Å². The minimum Gasteiger partial charge on any atom is -0.506 e.